The van der Waals surface area contributed by atoms with E-state index in [9.17, 15) is 0 Å². The minimum Gasteiger partial charge on any atom is -0.392 e. The first kappa shape index (κ1) is 12.8. The van der Waals surface area contributed by atoms with Crippen molar-refractivity contribution in [3.05, 3.63) is 56.2 Å². The van der Waals surface area contributed by atoms with E-state index in [0.717, 1.165) is 18.7 Å². The van der Waals surface area contributed by atoms with Gasteiger partial charge >= 0.3 is 0 Å². The molecule has 0 unspecified atom stereocenters. The molecule has 0 bridgehead atoms. The monoisotopic (exact) mass is 311 g/mol. The molecule has 2 rings (SSSR count). The Morgan fingerprint density at radius 1 is 1.06 bits per heavy atom. The number of hydrogen-bond acceptors (Lipinski definition) is 3. The van der Waals surface area contributed by atoms with E-state index in [1.165, 1.54) is 14.9 Å². The molecule has 0 radical (unpaired) electrons. The topological polar surface area (TPSA) is 32.3 Å². The second kappa shape index (κ2) is 6.31. The first-order valence-electron chi connectivity index (χ1n) is 5.41. The van der Waals surface area contributed by atoms with Crippen LogP contribution < -0.4 is 5.32 Å². The molecule has 0 aliphatic carbocycles. The summed E-state index contributed by atoms with van der Waals surface area (Å²) in [5, 5.41) is 14.4. The minimum atomic E-state index is 0.107. The zero-order valence-corrected chi connectivity index (χ0v) is 11.7. The zero-order chi connectivity index (χ0) is 12.1. The highest BCUT2D eigenvalue weighted by Gasteiger charge is 2.00. The molecule has 0 aliphatic heterocycles. The van der Waals surface area contributed by atoms with E-state index in [1.807, 2.05) is 24.3 Å². The summed E-state index contributed by atoms with van der Waals surface area (Å²) in [6.45, 7) is 1.83. The average molecular weight is 312 g/mol. The van der Waals surface area contributed by atoms with E-state index in [-0.39, 0.29) is 6.61 Å². The number of rotatable bonds is 5. The standard InChI is InChI=1S/C13H14BrNOS/c14-12-5-6-17-13(12)8-15-7-10-1-3-11(9-16)4-2-10/h1-6,15-16H,7-9H2. The van der Waals surface area contributed by atoms with Crippen molar-refractivity contribution in [2.45, 2.75) is 19.7 Å². The molecule has 0 aliphatic rings. The maximum Gasteiger partial charge on any atom is 0.0681 e. The van der Waals surface area contributed by atoms with Gasteiger partial charge in [0.2, 0.25) is 0 Å². The number of thiophene rings is 1. The van der Waals surface area contributed by atoms with Crippen LogP contribution in [-0.2, 0) is 19.7 Å². The molecule has 17 heavy (non-hydrogen) atoms. The van der Waals surface area contributed by atoms with Gasteiger partial charge in [-0.1, -0.05) is 24.3 Å². The Hall–Kier alpha value is -0.680. The predicted molar refractivity (Wildman–Crippen MR) is 74.9 cm³/mol. The molecule has 2 aromatic rings. The Balaban J connectivity index is 1.83. The molecule has 0 saturated carbocycles. The number of aliphatic hydroxyl groups excluding tert-OH is 1. The van der Waals surface area contributed by atoms with Crippen molar-refractivity contribution in [2.24, 2.45) is 0 Å². The maximum absolute atomic E-state index is 8.94. The molecular weight excluding hydrogens is 298 g/mol. The summed E-state index contributed by atoms with van der Waals surface area (Å²) in [4.78, 5) is 1.32. The van der Waals surface area contributed by atoms with Gasteiger partial charge in [0.25, 0.3) is 0 Å². The molecule has 0 atom stereocenters. The molecule has 0 amide bonds. The Morgan fingerprint density at radius 3 is 2.35 bits per heavy atom. The molecular formula is C13H14BrNOS. The van der Waals surface area contributed by atoms with Crippen LogP contribution in [0.25, 0.3) is 0 Å². The van der Waals surface area contributed by atoms with E-state index < -0.39 is 0 Å². The molecule has 0 fully saturated rings. The second-order valence-corrected chi connectivity index (χ2v) is 5.62. The van der Waals surface area contributed by atoms with Gasteiger partial charge in [0, 0.05) is 22.4 Å². The van der Waals surface area contributed by atoms with Gasteiger partial charge in [0.05, 0.1) is 6.61 Å². The molecule has 1 heterocycles. The van der Waals surface area contributed by atoms with Gasteiger partial charge in [-0.2, -0.15) is 0 Å². The molecule has 0 spiro atoms. The number of nitrogens with one attached hydrogen (secondary N) is 1. The third-order valence-electron chi connectivity index (χ3n) is 2.51. The van der Waals surface area contributed by atoms with Crippen molar-refractivity contribution < 1.29 is 5.11 Å². The summed E-state index contributed by atoms with van der Waals surface area (Å²) in [6, 6.07) is 10.1. The number of benzene rings is 1. The third kappa shape index (κ3) is 3.64. The zero-order valence-electron chi connectivity index (χ0n) is 9.32. The lowest BCUT2D eigenvalue weighted by Crippen LogP contribution is -2.11. The maximum atomic E-state index is 8.94. The van der Waals surface area contributed by atoms with Crippen molar-refractivity contribution in [3.63, 3.8) is 0 Å². The number of aliphatic hydroxyl groups is 1. The quantitative estimate of drug-likeness (QED) is 0.888. The van der Waals surface area contributed by atoms with Gasteiger partial charge in [-0.3, -0.25) is 0 Å². The Labute approximate surface area is 113 Å². The van der Waals surface area contributed by atoms with Crippen LogP contribution >= 0.6 is 27.3 Å². The normalized spacial score (nSPS) is 10.7. The summed E-state index contributed by atoms with van der Waals surface area (Å²) in [5.74, 6) is 0. The van der Waals surface area contributed by atoms with E-state index in [0.29, 0.717) is 0 Å². The van der Waals surface area contributed by atoms with Crippen molar-refractivity contribution in [1.82, 2.24) is 5.32 Å². The highest BCUT2D eigenvalue weighted by Crippen LogP contribution is 2.22. The summed E-state index contributed by atoms with van der Waals surface area (Å²) < 4.78 is 1.17. The largest absolute Gasteiger partial charge is 0.392 e. The van der Waals surface area contributed by atoms with Crippen LogP contribution in [-0.4, -0.2) is 5.11 Å². The molecule has 2 N–H and O–H groups in total. The smallest absolute Gasteiger partial charge is 0.0681 e. The van der Waals surface area contributed by atoms with E-state index in [1.54, 1.807) is 11.3 Å². The average Bonchev–Trinajstić information content (AvgIpc) is 2.76. The lowest BCUT2D eigenvalue weighted by atomic mass is 10.1. The van der Waals surface area contributed by atoms with Crippen LogP contribution in [0.4, 0.5) is 0 Å². The van der Waals surface area contributed by atoms with Gasteiger partial charge in [0.1, 0.15) is 0 Å². The van der Waals surface area contributed by atoms with Gasteiger partial charge in [0.15, 0.2) is 0 Å². The van der Waals surface area contributed by atoms with E-state index in [2.05, 4.69) is 32.7 Å². The molecule has 2 nitrogen and oxygen atoms in total. The first-order chi connectivity index (χ1) is 8.29. The van der Waals surface area contributed by atoms with Crippen molar-refractivity contribution >= 4 is 27.3 Å². The van der Waals surface area contributed by atoms with E-state index >= 15 is 0 Å². The van der Waals surface area contributed by atoms with Crippen molar-refractivity contribution in [2.75, 3.05) is 0 Å². The fourth-order valence-corrected chi connectivity index (χ4v) is 3.00. The minimum absolute atomic E-state index is 0.107. The van der Waals surface area contributed by atoms with Crippen LogP contribution in [0.5, 0.6) is 0 Å². The van der Waals surface area contributed by atoms with Crippen LogP contribution in [0.1, 0.15) is 16.0 Å². The Kier molecular flexibility index (Phi) is 4.74. The molecule has 90 valence electrons. The first-order valence-corrected chi connectivity index (χ1v) is 7.08. The lowest BCUT2D eigenvalue weighted by molar-refractivity contribution is 0.282. The fraction of sp³-hybridized carbons (Fsp3) is 0.231. The van der Waals surface area contributed by atoms with Gasteiger partial charge in [-0.15, -0.1) is 11.3 Å². The van der Waals surface area contributed by atoms with Crippen molar-refractivity contribution in [1.29, 1.82) is 0 Å². The molecule has 4 heteroatoms. The third-order valence-corrected chi connectivity index (χ3v) is 4.44. The van der Waals surface area contributed by atoms with Crippen molar-refractivity contribution in [3.8, 4) is 0 Å². The van der Waals surface area contributed by atoms with Crippen LogP contribution in [0.3, 0.4) is 0 Å². The van der Waals surface area contributed by atoms with Crippen LogP contribution in [0, 0.1) is 0 Å². The number of hydrogen-bond donors (Lipinski definition) is 2. The Bertz CT molecular complexity index is 467. The van der Waals surface area contributed by atoms with E-state index in [4.69, 9.17) is 5.11 Å². The number of halogens is 1. The fourth-order valence-electron chi connectivity index (χ4n) is 1.53. The molecule has 1 aromatic heterocycles. The summed E-state index contributed by atoms with van der Waals surface area (Å²) in [6.07, 6.45) is 0. The molecule has 0 saturated heterocycles. The second-order valence-electron chi connectivity index (χ2n) is 3.77. The highest BCUT2D eigenvalue weighted by molar-refractivity contribution is 9.10. The predicted octanol–water partition coefficient (Wildman–Crippen LogP) is 3.29. The summed E-state index contributed by atoms with van der Waals surface area (Å²) in [5.41, 5.74) is 2.18. The Morgan fingerprint density at radius 2 is 1.76 bits per heavy atom. The van der Waals surface area contributed by atoms with Crippen LogP contribution in [0.2, 0.25) is 0 Å². The summed E-state index contributed by atoms with van der Waals surface area (Å²) in [7, 11) is 0. The van der Waals surface area contributed by atoms with Gasteiger partial charge in [-0.05, 0) is 38.5 Å². The molecule has 1 aromatic carbocycles. The van der Waals surface area contributed by atoms with Crippen LogP contribution in [0.15, 0.2) is 40.2 Å². The van der Waals surface area contributed by atoms with Gasteiger partial charge < -0.3 is 10.4 Å². The van der Waals surface area contributed by atoms with Gasteiger partial charge in [-0.25, -0.2) is 0 Å². The lowest BCUT2D eigenvalue weighted by Gasteiger charge is -2.05. The highest BCUT2D eigenvalue weighted by atomic mass is 79.9. The summed E-state index contributed by atoms with van der Waals surface area (Å²) >= 11 is 5.26. The SMILES string of the molecule is OCc1ccc(CNCc2sccc2Br)cc1.